The molecule has 1 rings (SSSR count). The average molecular weight is 226 g/mol. The van der Waals surface area contributed by atoms with Gasteiger partial charge in [0, 0.05) is 5.56 Å². The third-order valence-electron chi connectivity index (χ3n) is 1.56. The third kappa shape index (κ3) is 3.35. The number of hydrogen-bond donors (Lipinski definition) is 3. The van der Waals surface area contributed by atoms with Crippen molar-refractivity contribution in [2.75, 3.05) is 0 Å². The van der Waals surface area contributed by atoms with Gasteiger partial charge in [0.25, 0.3) is 5.91 Å². The zero-order chi connectivity index (χ0) is 10.6. The summed E-state index contributed by atoms with van der Waals surface area (Å²) in [4.78, 5) is 11.4. The monoisotopic (exact) mass is 226 g/mol. The summed E-state index contributed by atoms with van der Waals surface area (Å²) < 4.78 is 0.228. The zero-order valence-electron chi connectivity index (χ0n) is 7.57. The van der Waals surface area contributed by atoms with E-state index in [1.54, 1.807) is 12.1 Å². The molecule has 0 unspecified atom stereocenters. The first kappa shape index (κ1) is 11.0. The number of benzene rings is 1. The van der Waals surface area contributed by atoms with Crippen molar-refractivity contribution < 1.29 is 4.79 Å². The maximum atomic E-state index is 11.4. The summed E-state index contributed by atoms with van der Waals surface area (Å²) >= 11 is 8.44. The van der Waals surface area contributed by atoms with Crippen molar-refractivity contribution in [3.8, 4) is 0 Å². The number of carbonyl (C=O) groups is 1. The van der Waals surface area contributed by atoms with Crippen LogP contribution in [0.15, 0.2) is 24.3 Å². The molecule has 2 N–H and O–H groups in total. The van der Waals surface area contributed by atoms with Crippen LogP contribution in [0.4, 0.5) is 0 Å². The van der Waals surface area contributed by atoms with Gasteiger partial charge in [-0.05, 0) is 19.1 Å². The fourth-order valence-corrected chi connectivity index (χ4v) is 1.08. The second-order valence-corrected chi connectivity index (χ2v) is 3.91. The van der Waals surface area contributed by atoms with E-state index in [2.05, 4.69) is 35.7 Å². The van der Waals surface area contributed by atoms with Gasteiger partial charge in [-0.15, -0.1) is 12.6 Å². The fraction of sp³-hybridized carbons (Fsp3) is 0.111. The Balaban J connectivity index is 2.65. The van der Waals surface area contributed by atoms with Gasteiger partial charge < -0.3 is 0 Å². The summed E-state index contributed by atoms with van der Waals surface area (Å²) in [6, 6.07) is 7.26. The summed E-state index contributed by atoms with van der Waals surface area (Å²) in [5.74, 6) is -0.231. The van der Waals surface area contributed by atoms with Crippen LogP contribution in [0.2, 0.25) is 0 Å². The Labute approximate surface area is 93.3 Å². The van der Waals surface area contributed by atoms with Crippen molar-refractivity contribution in [2.45, 2.75) is 6.92 Å². The Kier molecular flexibility index (Phi) is 3.91. The number of thiol groups is 1. The van der Waals surface area contributed by atoms with Gasteiger partial charge in [0.15, 0.2) is 0 Å². The Hall–Kier alpha value is -1.07. The van der Waals surface area contributed by atoms with Crippen molar-refractivity contribution in [2.24, 2.45) is 0 Å². The maximum absolute atomic E-state index is 11.4. The molecule has 0 saturated heterocycles. The first-order chi connectivity index (χ1) is 6.59. The van der Waals surface area contributed by atoms with E-state index in [1.165, 1.54) is 0 Å². The summed E-state index contributed by atoms with van der Waals surface area (Å²) in [6.07, 6.45) is 0. The predicted octanol–water partition coefficient (Wildman–Crippen LogP) is 1.44. The largest absolute Gasteiger partial charge is 0.283 e. The van der Waals surface area contributed by atoms with Crippen molar-refractivity contribution >= 4 is 35.1 Å². The van der Waals surface area contributed by atoms with Gasteiger partial charge in [0.05, 0.1) is 0 Å². The SMILES string of the molecule is Cc1cccc(C(=O)NNC(=S)S)c1. The lowest BCUT2D eigenvalue weighted by Gasteiger charge is -2.05. The van der Waals surface area contributed by atoms with Crippen LogP contribution in [0.3, 0.4) is 0 Å². The van der Waals surface area contributed by atoms with E-state index in [1.807, 2.05) is 19.1 Å². The Bertz CT molecular complexity index is 366. The standard InChI is InChI=1S/C9H10N2OS2/c1-6-3-2-4-7(5-6)8(12)10-11-9(13)14/h2-5H,1H3,(H,10,12)(H2,11,13,14). The molecule has 0 aromatic heterocycles. The molecule has 1 amide bonds. The average Bonchev–Trinajstić information content (AvgIpc) is 2.14. The lowest BCUT2D eigenvalue weighted by atomic mass is 10.1. The fourth-order valence-electron chi connectivity index (χ4n) is 0.969. The topological polar surface area (TPSA) is 41.1 Å². The number of hydrogen-bond acceptors (Lipinski definition) is 2. The van der Waals surface area contributed by atoms with Crippen LogP contribution in [0.1, 0.15) is 15.9 Å². The van der Waals surface area contributed by atoms with Crippen LogP contribution in [-0.4, -0.2) is 10.2 Å². The zero-order valence-corrected chi connectivity index (χ0v) is 9.28. The van der Waals surface area contributed by atoms with Gasteiger partial charge in [-0.2, -0.15) is 0 Å². The maximum Gasteiger partial charge on any atom is 0.269 e. The minimum Gasteiger partial charge on any atom is -0.283 e. The van der Waals surface area contributed by atoms with Gasteiger partial charge in [-0.25, -0.2) is 0 Å². The van der Waals surface area contributed by atoms with Crippen molar-refractivity contribution in [1.29, 1.82) is 0 Å². The molecule has 1 aromatic carbocycles. The second-order valence-electron chi connectivity index (χ2n) is 2.75. The minimum atomic E-state index is -0.231. The molecule has 3 nitrogen and oxygen atoms in total. The van der Waals surface area contributed by atoms with E-state index in [-0.39, 0.29) is 10.2 Å². The Morgan fingerprint density at radius 1 is 1.43 bits per heavy atom. The van der Waals surface area contributed by atoms with E-state index in [9.17, 15) is 4.79 Å². The summed E-state index contributed by atoms with van der Waals surface area (Å²) in [5.41, 5.74) is 6.50. The van der Waals surface area contributed by atoms with Crippen LogP contribution in [-0.2, 0) is 0 Å². The summed E-state index contributed by atoms with van der Waals surface area (Å²) in [5, 5.41) is 0. The highest BCUT2D eigenvalue weighted by Gasteiger charge is 2.03. The highest BCUT2D eigenvalue weighted by molar-refractivity contribution is 8.11. The summed E-state index contributed by atoms with van der Waals surface area (Å²) in [6.45, 7) is 1.92. The quantitative estimate of drug-likeness (QED) is 0.385. The molecule has 1 aromatic rings. The van der Waals surface area contributed by atoms with Crippen LogP contribution in [0, 0.1) is 6.92 Å². The molecule has 0 atom stereocenters. The highest BCUT2D eigenvalue weighted by Crippen LogP contribution is 2.02. The van der Waals surface area contributed by atoms with E-state index < -0.39 is 0 Å². The van der Waals surface area contributed by atoms with E-state index in [0.717, 1.165) is 5.56 Å². The van der Waals surface area contributed by atoms with Gasteiger partial charge in [-0.3, -0.25) is 15.6 Å². The molecule has 5 heteroatoms. The first-order valence-electron chi connectivity index (χ1n) is 3.95. The molecule has 0 bridgehead atoms. The molecule has 0 aliphatic carbocycles. The Morgan fingerprint density at radius 2 is 2.14 bits per heavy atom. The van der Waals surface area contributed by atoms with Crippen LogP contribution in [0.25, 0.3) is 0 Å². The lowest BCUT2D eigenvalue weighted by Crippen LogP contribution is -2.38. The molecule has 74 valence electrons. The number of aryl methyl sites for hydroxylation is 1. The molecule has 0 heterocycles. The number of rotatable bonds is 1. The number of amides is 1. The first-order valence-corrected chi connectivity index (χ1v) is 4.81. The third-order valence-corrected chi connectivity index (χ3v) is 1.78. The molecule has 14 heavy (non-hydrogen) atoms. The molecular weight excluding hydrogens is 216 g/mol. The van der Waals surface area contributed by atoms with E-state index >= 15 is 0 Å². The van der Waals surface area contributed by atoms with E-state index in [4.69, 9.17) is 0 Å². The molecule has 0 saturated carbocycles. The number of hydrazine groups is 1. The molecule has 0 fully saturated rings. The normalized spacial score (nSPS) is 9.29. The molecule has 0 aliphatic heterocycles. The molecule has 0 spiro atoms. The minimum absolute atomic E-state index is 0.228. The molecule has 0 aliphatic rings. The number of carbonyl (C=O) groups excluding carboxylic acids is 1. The Morgan fingerprint density at radius 3 is 2.71 bits per heavy atom. The predicted molar refractivity (Wildman–Crippen MR) is 63.4 cm³/mol. The van der Waals surface area contributed by atoms with Crippen LogP contribution < -0.4 is 10.9 Å². The van der Waals surface area contributed by atoms with Gasteiger partial charge in [0.1, 0.15) is 4.32 Å². The van der Waals surface area contributed by atoms with Crippen LogP contribution >= 0.6 is 24.8 Å². The smallest absolute Gasteiger partial charge is 0.269 e. The molecular formula is C9H10N2OS2. The number of nitrogens with one attached hydrogen (secondary N) is 2. The van der Waals surface area contributed by atoms with Crippen molar-refractivity contribution in [3.05, 3.63) is 35.4 Å². The number of thiocarbonyl (C=S) groups is 1. The van der Waals surface area contributed by atoms with Gasteiger partial charge in [0.2, 0.25) is 0 Å². The van der Waals surface area contributed by atoms with Crippen molar-refractivity contribution in [1.82, 2.24) is 10.9 Å². The second kappa shape index (κ2) is 4.97. The molecule has 0 radical (unpaired) electrons. The van der Waals surface area contributed by atoms with Gasteiger partial charge in [-0.1, -0.05) is 29.9 Å². The lowest BCUT2D eigenvalue weighted by molar-refractivity contribution is 0.0944. The highest BCUT2D eigenvalue weighted by atomic mass is 32.1. The van der Waals surface area contributed by atoms with E-state index in [0.29, 0.717) is 5.56 Å². The van der Waals surface area contributed by atoms with Crippen LogP contribution in [0.5, 0.6) is 0 Å². The van der Waals surface area contributed by atoms with Gasteiger partial charge >= 0.3 is 0 Å². The van der Waals surface area contributed by atoms with Crippen molar-refractivity contribution in [3.63, 3.8) is 0 Å². The summed E-state index contributed by atoms with van der Waals surface area (Å²) in [7, 11) is 0.